The van der Waals surface area contributed by atoms with Crippen LogP contribution < -0.4 is 5.32 Å². The third-order valence-corrected chi connectivity index (χ3v) is 11.8. The van der Waals surface area contributed by atoms with E-state index < -0.39 is 51.1 Å². The number of fused-ring (bicyclic) bond motifs is 5. The molecule has 2 bridgehead atoms. The van der Waals surface area contributed by atoms with E-state index in [2.05, 4.69) is 21.2 Å². The molecule has 1 heterocycles. The first kappa shape index (κ1) is 34.1. The second-order valence-corrected chi connectivity index (χ2v) is 15.7. The van der Waals surface area contributed by atoms with Crippen LogP contribution in [0.25, 0.3) is 11.1 Å². The predicted molar refractivity (Wildman–Crippen MR) is 180 cm³/mol. The highest BCUT2D eigenvalue weighted by atomic mass is 79.9. The molecule has 0 radical (unpaired) electrons. The van der Waals surface area contributed by atoms with Gasteiger partial charge in [-0.05, 0) is 62.3 Å². The number of ether oxygens (including phenoxy) is 1. The molecule has 3 amide bonds. The van der Waals surface area contributed by atoms with Gasteiger partial charge >= 0.3 is 6.09 Å². The predicted octanol–water partition coefficient (Wildman–Crippen LogP) is 5.06. The summed E-state index contributed by atoms with van der Waals surface area (Å²) >= 11 is 3.95. The number of nitrogens with zero attached hydrogens (tertiary/aromatic N) is 2. The average Bonchev–Trinajstić information content (AvgIpc) is 3.38. The minimum Gasteiger partial charge on any atom is -0.444 e. The molecule has 0 spiro atoms. The fourth-order valence-corrected chi connectivity index (χ4v) is 9.53. The summed E-state index contributed by atoms with van der Waals surface area (Å²) in [5.74, 6) is -1.20. The zero-order chi connectivity index (χ0) is 33.8. The molecule has 248 valence electrons. The lowest BCUT2D eigenvalue weighted by Gasteiger charge is -2.46. The first-order valence-corrected chi connectivity index (χ1v) is 16.7. The maximum absolute atomic E-state index is 14.4. The number of carbonyl (C=O) groups excluding carboxylic acids is 3. The molecule has 1 aliphatic heterocycles. The van der Waals surface area contributed by atoms with Gasteiger partial charge in [-0.25, -0.2) is 4.79 Å². The topological polar surface area (TPSA) is 119 Å². The Balaban J connectivity index is 1.41. The van der Waals surface area contributed by atoms with Crippen molar-refractivity contribution >= 4 is 45.0 Å². The standard InChI is InChI=1S/C36H46BrN3O6/c1-33(2,3)46-32(45)38-24(28(41)39(6)7)20-14-15-21-40-29(42)27-34(4)25(22-16-10-8-11-17-22)26(23-18-12-9-13-19-23)35(5,30(34)43)36(27,37)31(40)44/h8-13,16-19,24,27,30-31,43-44H,14-15,20-21H2,1-7H3,(H,38,45)/t24-,27?,30?,31?,34?,35?,36?/m0/s1. The minimum absolute atomic E-state index is 0.219. The molecule has 5 rings (SSSR count). The Hall–Kier alpha value is -3.21. The smallest absolute Gasteiger partial charge is 0.408 e. The molecule has 2 aromatic rings. The summed E-state index contributed by atoms with van der Waals surface area (Å²) in [6.07, 6.45) is -1.47. The number of unbranched alkanes of at least 4 members (excludes halogenated alkanes) is 1. The average molecular weight is 697 g/mol. The number of alkyl halides is 1. The molecule has 0 aromatic heterocycles. The van der Waals surface area contributed by atoms with Crippen molar-refractivity contribution in [2.45, 2.75) is 82.2 Å². The Labute approximate surface area is 280 Å². The van der Waals surface area contributed by atoms with Gasteiger partial charge in [0.2, 0.25) is 11.8 Å². The summed E-state index contributed by atoms with van der Waals surface area (Å²) in [5.41, 5.74) is 1.03. The summed E-state index contributed by atoms with van der Waals surface area (Å²) in [6.45, 7) is 9.44. The van der Waals surface area contributed by atoms with Gasteiger partial charge in [-0.1, -0.05) is 90.4 Å². The number of nitrogens with one attached hydrogen (secondary N) is 1. The molecule has 2 fully saturated rings. The summed E-state index contributed by atoms with van der Waals surface area (Å²) in [6, 6.07) is 19.0. The summed E-state index contributed by atoms with van der Waals surface area (Å²) in [7, 11) is 3.26. The highest BCUT2D eigenvalue weighted by molar-refractivity contribution is 9.10. The van der Waals surface area contributed by atoms with Gasteiger partial charge in [-0.3, -0.25) is 9.59 Å². The molecule has 9 nitrogen and oxygen atoms in total. The summed E-state index contributed by atoms with van der Waals surface area (Å²) in [5, 5.41) is 26.9. The van der Waals surface area contributed by atoms with Crippen molar-refractivity contribution in [3.8, 4) is 0 Å². The van der Waals surface area contributed by atoms with E-state index in [-0.39, 0.29) is 18.4 Å². The van der Waals surface area contributed by atoms with Gasteiger partial charge in [-0.15, -0.1) is 0 Å². The summed E-state index contributed by atoms with van der Waals surface area (Å²) < 4.78 is 4.21. The van der Waals surface area contributed by atoms with E-state index in [4.69, 9.17) is 4.74 Å². The molecule has 6 unspecified atom stereocenters. The Morgan fingerprint density at radius 2 is 1.52 bits per heavy atom. The van der Waals surface area contributed by atoms with Gasteiger partial charge in [0.15, 0.2) is 0 Å². The molecule has 1 saturated heterocycles. The number of alkyl carbamates (subject to hydrolysis) is 1. The minimum atomic E-state index is -1.21. The Morgan fingerprint density at radius 3 is 2.04 bits per heavy atom. The molecular weight excluding hydrogens is 650 g/mol. The zero-order valence-corrected chi connectivity index (χ0v) is 29.3. The molecule has 3 N–H and O–H groups in total. The Bertz CT molecular complexity index is 1530. The lowest BCUT2D eigenvalue weighted by Crippen LogP contribution is -2.54. The zero-order valence-electron chi connectivity index (χ0n) is 27.7. The second-order valence-electron chi connectivity index (χ2n) is 14.4. The van der Waals surface area contributed by atoms with E-state index in [1.165, 1.54) is 9.80 Å². The molecule has 2 aliphatic carbocycles. The first-order chi connectivity index (χ1) is 21.5. The highest BCUT2D eigenvalue weighted by Crippen LogP contribution is 2.79. The van der Waals surface area contributed by atoms with Gasteiger partial charge in [0.25, 0.3) is 0 Å². The molecule has 10 heteroatoms. The van der Waals surface area contributed by atoms with Gasteiger partial charge in [0.1, 0.15) is 17.9 Å². The van der Waals surface area contributed by atoms with Crippen LogP contribution in [0.15, 0.2) is 60.7 Å². The number of likely N-dealkylation sites (N-methyl/N-ethyl adjacent to an activating group) is 1. The van der Waals surface area contributed by atoms with E-state index in [1.54, 1.807) is 34.9 Å². The number of likely N-dealkylation sites (tertiary alicyclic amines) is 1. The number of benzene rings is 2. The van der Waals surface area contributed by atoms with Crippen molar-refractivity contribution in [3.05, 3.63) is 71.8 Å². The quantitative estimate of drug-likeness (QED) is 0.249. The third kappa shape index (κ3) is 5.17. The lowest BCUT2D eigenvalue weighted by atomic mass is 9.62. The van der Waals surface area contributed by atoms with Crippen molar-refractivity contribution in [3.63, 3.8) is 0 Å². The van der Waals surface area contributed by atoms with Crippen LogP contribution >= 0.6 is 15.9 Å². The maximum Gasteiger partial charge on any atom is 0.408 e. The monoisotopic (exact) mass is 695 g/mol. The summed E-state index contributed by atoms with van der Waals surface area (Å²) in [4.78, 5) is 42.6. The Kier molecular flexibility index (Phi) is 8.98. The van der Waals surface area contributed by atoms with Crippen LogP contribution in [-0.2, 0) is 14.3 Å². The van der Waals surface area contributed by atoms with Crippen LogP contribution in [-0.4, -0.2) is 86.9 Å². The number of halogens is 1. The van der Waals surface area contributed by atoms with E-state index >= 15 is 0 Å². The van der Waals surface area contributed by atoms with Gasteiger partial charge in [-0.2, -0.15) is 0 Å². The first-order valence-electron chi connectivity index (χ1n) is 15.9. The highest BCUT2D eigenvalue weighted by Gasteiger charge is 2.84. The second kappa shape index (κ2) is 12.1. The van der Waals surface area contributed by atoms with Crippen molar-refractivity contribution in [1.29, 1.82) is 0 Å². The lowest BCUT2D eigenvalue weighted by molar-refractivity contribution is -0.139. The van der Waals surface area contributed by atoms with Gasteiger partial charge in [0.05, 0.1) is 16.3 Å². The van der Waals surface area contributed by atoms with E-state index in [1.807, 2.05) is 74.5 Å². The van der Waals surface area contributed by atoms with Crippen LogP contribution in [0, 0.1) is 16.7 Å². The fourth-order valence-electron chi connectivity index (χ4n) is 8.20. The van der Waals surface area contributed by atoms with Crippen molar-refractivity contribution in [2.24, 2.45) is 16.7 Å². The third-order valence-electron chi connectivity index (χ3n) is 10.1. The van der Waals surface area contributed by atoms with Gasteiger partial charge in [0, 0.05) is 31.5 Å². The normalized spacial score (nSPS) is 30.8. The Morgan fingerprint density at radius 1 is 0.978 bits per heavy atom. The fraction of sp³-hybridized carbons (Fsp3) is 0.528. The van der Waals surface area contributed by atoms with Crippen LogP contribution in [0.5, 0.6) is 0 Å². The van der Waals surface area contributed by atoms with Crippen molar-refractivity contribution < 1.29 is 29.3 Å². The van der Waals surface area contributed by atoms with Crippen LogP contribution in [0.2, 0.25) is 0 Å². The molecule has 3 aliphatic rings. The van der Waals surface area contributed by atoms with Crippen LogP contribution in [0.3, 0.4) is 0 Å². The SMILES string of the molecule is CN(C)C(=O)[C@H](CCCCN1C(=O)C2C3(C)C(c4ccccc4)=C(c4ccccc4)C(C)(C3O)C2(Br)C1O)NC(=O)OC(C)(C)C. The number of rotatable bonds is 9. The van der Waals surface area contributed by atoms with Crippen molar-refractivity contribution in [2.75, 3.05) is 20.6 Å². The number of carbonyl (C=O) groups is 3. The molecule has 1 saturated carbocycles. The van der Waals surface area contributed by atoms with E-state index in [0.29, 0.717) is 19.3 Å². The molecule has 2 aromatic carbocycles. The van der Waals surface area contributed by atoms with Crippen molar-refractivity contribution in [1.82, 2.24) is 15.1 Å². The molecule has 46 heavy (non-hydrogen) atoms. The number of aliphatic hydroxyl groups is 2. The number of hydrogen-bond acceptors (Lipinski definition) is 6. The van der Waals surface area contributed by atoms with E-state index in [9.17, 15) is 24.6 Å². The largest absolute Gasteiger partial charge is 0.444 e. The number of amides is 3. The number of hydrogen-bond donors (Lipinski definition) is 3. The number of aliphatic hydroxyl groups excluding tert-OH is 2. The van der Waals surface area contributed by atoms with E-state index in [0.717, 1.165) is 22.3 Å². The molecule has 7 atom stereocenters. The molecular formula is C36H46BrN3O6. The van der Waals surface area contributed by atoms with Crippen LogP contribution in [0.4, 0.5) is 4.79 Å². The van der Waals surface area contributed by atoms with Crippen LogP contribution in [0.1, 0.15) is 65.0 Å². The maximum atomic E-state index is 14.4. The van der Waals surface area contributed by atoms with Gasteiger partial charge < -0.3 is 30.1 Å².